The predicted molar refractivity (Wildman–Crippen MR) is 212 cm³/mol. The van der Waals surface area contributed by atoms with E-state index in [0.29, 0.717) is 0 Å². The molecule has 0 atom stereocenters. The second-order valence-electron chi connectivity index (χ2n) is 15.7. The number of hydrogen-bond acceptors (Lipinski definition) is 4. The smallest absolute Gasteiger partial charge is 0.0904 e. The van der Waals surface area contributed by atoms with Gasteiger partial charge < -0.3 is 0 Å². The third kappa shape index (κ3) is 6.76. The summed E-state index contributed by atoms with van der Waals surface area (Å²) in [5.41, 5.74) is 11.1. The summed E-state index contributed by atoms with van der Waals surface area (Å²) in [6.07, 6.45) is 0. The molecule has 0 saturated heterocycles. The first-order chi connectivity index (χ1) is 19.3. The Morgan fingerprint density at radius 3 is 0.643 bits per heavy atom. The molecule has 0 radical (unpaired) electrons. The topological polar surface area (TPSA) is 0 Å². The Labute approximate surface area is 274 Å². The van der Waals surface area contributed by atoms with Gasteiger partial charge in [0.15, 0.2) is 0 Å². The minimum atomic E-state index is -1.40. The van der Waals surface area contributed by atoms with E-state index in [1.54, 1.807) is 18.0 Å². The lowest BCUT2D eigenvalue weighted by Crippen LogP contribution is -2.34. The summed E-state index contributed by atoms with van der Waals surface area (Å²) in [5, 5.41) is 9.71. The van der Waals surface area contributed by atoms with Crippen LogP contribution in [0.2, 0.25) is 78.6 Å². The third-order valence-corrected chi connectivity index (χ3v) is 26.0. The Morgan fingerprint density at radius 1 is 0.310 bits per heavy atom. The van der Waals surface area contributed by atoms with Crippen molar-refractivity contribution in [1.29, 1.82) is 0 Å². The highest BCUT2D eigenvalue weighted by molar-refractivity contribution is 7.27. The van der Waals surface area contributed by atoms with Gasteiger partial charge in [0.25, 0.3) is 0 Å². The maximum Gasteiger partial charge on any atom is 0.0904 e. The lowest BCUT2D eigenvalue weighted by atomic mass is 9.88. The van der Waals surface area contributed by atoms with Crippen molar-refractivity contribution in [2.45, 2.75) is 78.6 Å². The molecule has 0 fully saturated rings. The van der Waals surface area contributed by atoms with E-state index in [1.165, 1.54) is 44.5 Å². The molecule has 42 heavy (non-hydrogen) atoms. The van der Waals surface area contributed by atoms with E-state index in [4.69, 9.17) is 0 Å². The van der Waals surface area contributed by atoms with Gasteiger partial charge in [-0.05, 0) is 120 Å². The van der Waals surface area contributed by atoms with Crippen LogP contribution in [0.3, 0.4) is 0 Å². The molecule has 5 rings (SSSR count). The van der Waals surface area contributed by atoms with Crippen LogP contribution in [0.25, 0.3) is 44.5 Å². The van der Waals surface area contributed by atoms with Gasteiger partial charge in [0.2, 0.25) is 0 Å². The minimum absolute atomic E-state index is 1.38. The normalized spacial score (nSPS) is 13.2. The Kier molecular flexibility index (Phi) is 8.73. The zero-order valence-corrected chi connectivity index (χ0v) is 34.7. The van der Waals surface area contributed by atoms with Crippen LogP contribution in [-0.2, 0) is 0 Å². The molecule has 0 aliphatic carbocycles. The summed E-state index contributed by atoms with van der Waals surface area (Å²) in [5.74, 6) is 0. The first kappa shape index (κ1) is 32.3. The highest BCUT2D eigenvalue weighted by Crippen LogP contribution is 2.44. The lowest BCUT2D eigenvalue weighted by molar-refractivity contribution is 1.61. The molecule has 0 N–H and O–H groups in total. The molecule has 0 unspecified atom stereocenters. The van der Waals surface area contributed by atoms with Crippen LogP contribution < -0.4 is 18.0 Å². The molecule has 0 saturated carbocycles. The van der Waals surface area contributed by atoms with Crippen molar-refractivity contribution in [3.05, 3.63) is 57.9 Å². The first-order valence-corrected chi connectivity index (χ1v) is 32.4. The third-order valence-electron chi connectivity index (χ3n) is 7.76. The number of thiophene rings is 4. The van der Waals surface area contributed by atoms with Gasteiger partial charge in [-0.15, -0.1) is 0 Å². The molecule has 222 valence electrons. The molecule has 1 aromatic carbocycles. The van der Waals surface area contributed by atoms with Gasteiger partial charge in [-0.2, -0.15) is 45.3 Å². The molecule has 8 heteroatoms. The molecule has 0 spiro atoms. The van der Waals surface area contributed by atoms with E-state index >= 15 is 0 Å². The van der Waals surface area contributed by atoms with E-state index in [1.807, 2.05) is 45.3 Å². The van der Waals surface area contributed by atoms with Gasteiger partial charge in [-0.25, -0.2) is 0 Å². The summed E-state index contributed by atoms with van der Waals surface area (Å²) in [7, 11) is -5.60. The van der Waals surface area contributed by atoms with Gasteiger partial charge in [0.1, 0.15) is 0 Å². The second kappa shape index (κ2) is 11.4. The molecule has 0 aliphatic rings. The summed E-state index contributed by atoms with van der Waals surface area (Å²) in [4.78, 5) is 0. The van der Waals surface area contributed by atoms with E-state index in [9.17, 15) is 0 Å². The SMILES string of the molecule is C[Si](C)(C)c1cc(-c2cc(-c3csc([Si](C)(C)C)c3)c(-c3csc([Si](C)(C)C)c3)cc2-c2csc([Si](C)(C)C)c2)cs1. The van der Waals surface area contributed by atoms with Crippen molar-refractivity contribution in [2.75, 3.05) is 0 Å². The fraction of sp³-hybridized carbons (Fsp3) is 0.353. The summed E-state index contributed by atoms with van der Waals surface area (Å²) < 4.78 is 6.32. The average molecular weight is 695 g/mol. The maximum absolute atomic E-state index is 2.55. The highest BCUT2D eigenvalue weighted by Gasteiger charge is 2.26. The Balaban J connectivity index is 1.82. The molecule has 4 aromatic heterocycles. The van der Waals surface area contributed by atoms with Crippen molar-refractivity contribution in [3.63, 3.8) is 0 Å². The number of rotatable bonds is 8. The molecule has 4 heterocycles. The molecular formula is C34H46S4Si4. The quantitative estimate of drug-likeness (QED) is 0.142. The number of benzene rings is 1. The molecule has 0 bridgehead atoms. The predicted octanol–water partition coefficient (Wildman–Crippen LogP) is 10.8. The van der Waals surface area contributed by atoms with Crippen LogP contribution in [0.15, 0.2) is 57.9 Å². The second-order valence-corrected chi connectivity index (χ2v) is 41.0. The number of hydrogen-bond donors (Lipinski definition) is 0. The Morgan fingerprint density at radius 2 is 0.500 bits per heavy atom. The van der Waals surface area contributed by atoms with Gasteiger partial charge >= 0.3 is 0 Å². The van der Waals surface area contributed by atoms with E-state index < -0.39 is 32.3 Å². The fourth-order valence-corrected chi connectivity index (χ4v) is 16.3. The van der Waals surface area contributed by atoms with Crippen LogP contribution in [0, 0.1) is 0 Å². The zero-order valence-electron chi connectivity index (χ0n) is 27.4. The van der Waals surface area contributed by atoms with Crippen LogP contribution in [0.4, 0.5) is 0 Å². The average Bonchev–Trinajstić information content (AvgIpc) is 3.66. The van der Waals surface area contributed by atoms with Gasteiger partial charge in [-0.3, -0.25) is 0 Å². The molecule has 0 amide bonds. The van der Waals surface area contributed by atoms with Crippen LogP contribution in [0.1, 0.15) is 0 Å². The van der Waals surface area contributed by atoms with Gasteiger partial charge in [0.05, 0.1) is 32.3 Å². The maximum atomic E-state index is 2.55. The van der Waals surface area contributed by atoms with E-state index in [-0.39, 0.29) is 0 Å². The van der Waals surface area contributed by atoms with Crippen molar-refractivity contribution in [1.82, 2.24) is 0 Å². The molecular weight excluding hydrogens is 649 g/mol. The van der Waals surface area contributed by atoms with Crippen LogP contribution in [0.5, 0.6) is 0 Å². The van der Waals surface area contributed by atoms with Gasteiger partial charge in [-0.1, -0.05) is 78.6 Å². The first-order valence-electron chi connectivity index (χ1n) is 14.9. The summed E-state index contributed by atoms with van der Waals surface area (Å²) >= 11 is 7.86. The fourth-order valence-electron chi connectivity index (χ4n) is 5.04. The van der Waals surface area contributed by atoms with Crippen LogP contribution in [-0.4, -0.2) is 32.3 Å². The largest absolute Gasteiger partial charge is 0.153 e. The zero-order chi connectivity index (χ0) is 30.8. The van der Waals surface area contributed by atoms with Crippen molar-refractivity contribution < 1.29 is 0 Å². The molecule has 0 nitrogen and oxygen atoms in total. The summed E-state index contributed by atoms with van der Waals surface area (Å²) in [6.45, 7) is 29.6. The van der Waals surface area contributed by atoms with Crippen molar-refractivity contribution >= 4 is 95.6 Å². The van der Waals surface area contributed by atoms with Gasteiger partial charge in [0, 0.05) is 0 Å². The standard InChI is InChI=1S/C34H46S4Si4/c1-39(2,3)31-13-23(19-35-31)27-17-29(25-15-33(37-21-25)41(7,8)9)30(26-16-34(38-22-26)42(10,11)12)18-28(27)24-14-32(36-20-24)40(4,5)6/h13-22H,1-12H3. The highest BCUT2D eigenvalue weighted by atomic mass is 32.1. The van der Waals surface area contributed by atoms with E-state index in [0.717, 1.165) is 0 Å². The van der Waals surface area contributed by atoms with E-state index in [2.05, 4.69) is 136 Å². The molecule has 5 aromatic rings. The van der Waals surface area contributed by atoms with Crippen molar-refractivity contribution in [2.24, 2.45) is 0 Å². The lowest BCUT2D eigenvalue weighted by Gasteiger charge is -2.17. The van der Waals surface area contributed by atoms with Crippen LogP contribution >= 0.6 is 45.3 Å². The monoisotopic (exact) mass is 694 g/mol. The molecule has 0 aliphatic heterocycles. The minimum Gasteiger partial charge on any atom is -0.153 e. The Hall–Kier alpha value is -1.11. The Bertz CT molecular complexity index is 1470. The van der Waals surface area contributed by atoms with Crippen molar-refractivity contribution in [3.8, 4) is 44.5 Å². The summed E-state index contributed by atoms with van der Waals surface area (Å²) in [6, 6.07) is 15.2.